The predicted octanol–water partition coefficient (Wildman–Crippen LogP) is 2.46. The van der Waals surface area contributed by atoms with E-state index < -0.39 is 27.9 Å². The summed E-state index contributed by atoms with van der Waals surface area (Å²) in [6.45, 7) is 1.64. The van der Waals surface area contributed by atoms with E-state index in [1.165, 1.54) is 36.4 Å². The molecule has 0 saturated carbocycles. The molecule has 0 aliphatic heterocycles. The van der Waals surface area contributed by atoms with Gasteiger partial charge >= 0.3 is 11.8 Å². The average Bonchev–Trinajstić information content (AvgIpc) is 2.57. The molecule has 2 rings (SSSR count). The van der Waals surface area contributed by atoms with Crippen LogP contribution in [0.15, 0.2) is 47.4 Å². The van der Waals surface area contributed by atoms with Gasteiger partial charge in [-0.3, -0.25) is 9.59 Å². The van der Waals surface area contributed by atoms with Crippen LogP contribution in [0.25, 0.3) is 0 Å². The molecular weight excluding hydrogens is 401 g/mol. The molecule has 0 aliphatic rings. The predicted molar refractivity (Wildman–Crippen MR) is 99.5 cm³/mol. The topological polar surface area (TPSA) is 118 Å². The Labute approximate surface area is 160 Å². The maximum absolute atomic E-state index is 12.0. The number of primary sulfonamides is 1. The standard InChI is InChI=1S/C16H15Cl2N3O4S/c1-9(10-2-5-12(6-3-10)26(19,24)25)20-15(22)16(23)21-14-8-11(17)4-7-13(14)18/h2-9H,1H3,(H,20,22)(H,21,23)(H2,19,24,25). The molecule has 0 radical (unpaired) electrons. The van der Waals surface area contributed by atoms with Crippen molar-refractivity contribution < 1.29 is 18.0 Å². The Hall–Kier alpha value is -2.13. The minimum Gasteiger partial charge on any atom is -0.341 e. The van der Waals surface area contributed by atoms with Crippen molar-refractivity contribution >= 4 is 50.7 Å². The minimum atomic E-state index is -3.80. The van der Waals surface area contributed by atoms with Crippen LogP contribution in [0.2, 0.25) is 10.0 Å². The van der Waals surface area contributed by atoms with E-state index in [9.17, 15) is 18.0 Å². The summed E-state index contributed by atoms with van der Waals surface area (Å²) in [5.41, 5.74) is 0.809. The Kier molecular flexibility index (Phi) is 6.25. The number of carbonyl (C=O) groups excluding carboxylic acids is 2. The van der Waals surface area contributed by atoms with Crippen molar-refractivity contribution in [1.82, 2.24) is 5.32 Å². The van der Waals surface area contributed by atoms with Gasteiger partial charge in [0.15, 0.2) is 0 Å². The van der Waals surface area contributed by atoms with Crippen LogP contribution >= 0.6 is 23.2 Å². The van der Waals surface area contributed by atoms with Crippen LogP contribution in [0.3, 0.4) is 0 Å². The van der Waals surface area contributed by atoms with Gasteiger partial charge in [-0.1, -0.05) is 35.3 Å². The van der Waals surface area contributed by atoms with Crippen molar-refractivity contribution in [2.24, 2.45) is 5.14 Å². The third kappa shape index (κ3) is 5.18. The molecule has 2 amide bonds. The molecule has 138 valence electrons. The van der Waals surface area contributed by atoms with Crippen LogP contribution in [0, 0.1) is 0 Å². The van der Waals surface area contributed by atoms with E-state index in [4.69, 9.17) is 28.3 Å². The first-order chi connectivity index (χ1) is 12.1. The number of amides is 2. The number of anilines is 1. The molecule has 10 heteroatoms. The fourth-order valence-corrected chi connectivity index (χ4v) is 2.92. The van der Waals surface area contributed by atoms with Crippen molar-refractivity contribution in [3.63, 3.8) is 0 Å². The van der Waals surface area contributed by atoms with Gasteiger partial charge < -0.3 is 10.6 Å². The summed E-state index contributed by atoms with van der Waals surface area (Å²) in [6, 6.07) is 9.55. The van der Waals surface area contributed by atoms with Crippen LogP contribution in [0.4, 0.5) is 5.69 Å². The summed E-state index contributed by atoms with van der Waals surface area (Å²) < 4.78 is 22.5. The first-order valence-electron chi connectivity index (χ1n) is 7.27. The number of benzene rings is 2. The Morgan fingerprint density at radius 1 is 1.04 bits per heavy atom. The smallest absolute Gasteiger partial charge is 0.313 e. The van der Waals surface area contributed by atoms with E-state index in [0.717, 1.165) is 0 Å². The van der Waals surface area contributed by atoms with E-state index in [-0.39, 0.29) is 15.6 Å². The SMILES string of the molecule is CC(NC(=O)C(=O)Nc1cc(Cl)ccc1Cl)c1ccc(S(N)(=O)=O)cc1. The lowest BCUT2D eigenvalue weighted by molar-refractivity contribution is -0.136. The van der Waals surface area contributed by atoms with Gasteiger partial charge in [-0.2, -0.15) is 0 Å². The second-order valence-corrected chi connectivity index (χ2v) is 7.79. The van der Waals surface area contributed by atoms with Crippen molar-refractivity contribution in [1.29, 1.82) is 0 Å². The maximum atomic E-state index is 12.0. The van der Waals surface area contributed by atoms with Gasteiger partial charge in [-0.15, -0.1) is 0 Å². The molecule has 0 aromatic heterocycles. The fourth-order valence-electron chi connectivity index (χ4n) is 2.06. The van der Waals surface area contributed by atoms with Crippen LogP contribution in [-0.4, -0.2) is 20.2 Å². The molecule has 2 aromatic rings. The van der Waals surface area contributed by atoms with Crippen LogP contribution < -0.4 is 15.8 Å². The van der Waals surface area contributed by atoms with Crippen molar-refractivity contribution in [2.45, 2.75) is 17.9 Å². The molecule has 1 atom stereocenters. The van der Waals surface area contributed by atoms with Gasteiger partial charge in [0.25, 0.3) is 0 Å². The summed E-state index contributed by atoms with van der Waals surface area (Å²) in [7, 11) is -3.80. The number of nitrogens with one attached hydrogen (secondary N) is 2. The van der Waals surface area contributed by atoms with Gasteiger partial charge in [0.05, 0.1) is 21.6 Å². The number of halogens is 2. The van der Waals surface area contributed by atoms with E-state index >= 15 is 0 Å². The van der Waals surface area contributed by atoms with E-state index in [1.807, 2.05) is 0 Å². The molecule has 2 aromatic carbocycles. The lowest BCUT2D eigenvalue weighted by Gasteiger charge is -2.15. The molecule has 26 heavy (non-hydrogen) atoms. The number of sulfonamides is 1. The first kappa shape index (κ1) is 20.2. The monoisotopic (exact) mass is 415 g/mol. The van der Waals surface area contributed by atoms with Crippen LogP contribution in [-0.2, 0) is 19.6 Å². The molecule has 0 bridgehead atoms. The van der Waals surface area contributed by atoms with Crippen LogP contribution in [0.1, 0.15) is 18.5 Å². The van der Waals surface area contributed by atoms with Gasteiger partial charge in [0.1, 0.15) is 0 Å². The molecule has 1 unspecified atom stereocenters. The second-order valence-electron chi connectivity index (χ2n) is 5.39. The zero-order chi connectivity index (χ0) is 19.5. The highest BCUT2D eigenvalue weighted by Crippen LogP contribution is 2.25. The number of hydrogen-bond donors (Lipinski definition) is 3. The minimum absolute atomic E-state index is 0.0480. The Bertz CT molecular complexity index is 946. The molecule has 0 saturated heterocycles. The molecule has 0 aliphatic carbocycles. The largest absolute Gasteiger partial charge is 0.341 e. The molecule has 0 fully saturated rings. The Balaban J connectivity index is 2.04. The maximum Gasteiger partial charge on any atom is 0.313 e. The summed E-state index contributed by atoms with van der Waals surface area (Å²) in [5, 5.41) is 10.5. The average molecular weight is 416 g/mol. The number of hydrogen-bond acceptors (Lipinski definition) is 4. The summed E-state index contributed by atoms with van der Waals surface area (Å²) in [6.07, 6.45) is 0. The zero-order valence-electron chi connectivity index (χ0n) is 13.5. The summed E-state index contributed by atoms with van der Waals surface area (Å²) >= 11 is 11.8. The van der Waals surface area contributed by atoms with E-state index in [1.54, 1.807) is 13.0 Å². The molecule has 7 nitrogen and oxygen atoms in total. The first-order valence-corrected chi connectivity index (χ1v) is 9.58. The Morgan fingerprint density at radius 2 is 1.65 bits per heavy atom. The third-order valence-electron chi connectivity index (χ3n) is 3.44. The van der Waals surface area contributed by atoms with Gasteiger partial charge in [-0.05, 0) is 42.8 Å². The van der Waals surface area contributed by atoms with Crippen molar-refractivity contribution in [3.8, 4) is 0 Å². The molecule has 0 spiro atoms. The summed E-state index contributed by atoms with van der Waals surface area (Å²) in [4.78, 5) is 24.0. The summed E-state index contributed by atoms with van der Waals surface area (Å²) in [5.74, 6) is -1.80. The van der Waals surface area contributed by atoms with Crippen LogP contribution in [0.5, 0.6) is 0 Å². The lowest BCUT2D eigenvalue weighted by atomic mass is 10.1. The second kappa shape index (κ2) is 8.05. The zero-order valence-corrected chi connectivity index (χ0v) is 15.8. The molecular formula is C16H15Cl2N3O4S. The van der Waals surface area contributed by atoms with E-state index in [2.05, 4.69) is 10.6 Å². The number of carbonyl (C=O) groups is 2. The van der Waals surface area contributed by atoms with E-state index in [0.29, 0.717) is 10.6 Å². The highest BCUT2D eigenvalue weighted by atomic mass is 35.5. The van der Waals surface area contributed by atoms with Gasteiger partial charge in [0.2, 0.25) is 10.0 Å². The number of nitrogens with two attached hydrogens (primary N) is 1. The van der Waals surface area contributed by atoms with Crippen molar-refractivity contribution in [2.75, 3.05) is 5.32 Å². The van der Waals surface area contributed by atoms with Gasteiger partial charge in [-0.25, -0.2) is 13.6 Å². The number of rotatable bonds is 4. The molecule has 0 heterocycles. The third-order valence-corrected chi connectivity index (χ3v) is 4.93. The van der Waals surface area contributed by atoms with Gasteiger partial charge in [0, 0.05) is 5.02 Å². The molecule has 4 N–H and O–H groups in total. The Morgan fingerprint density at radius 3 is 2.23 bits per heavy atom. The fraction of sp³-hybridized carbons (Fsp3) is 0.125. The highest BCUT2D eigenvalue weighted by molar-refractivity contribution is 7.89. The van der Waals surface area contributed by atoms with Crippen molar-refractivity contribution in [3.05, 3.63) is 58.1 Å². The quantitative estimate of drug-likeness (QED) is 0.664. The highest BCUT2D eigenvalue weighted by Gasteiger charge is 2.19. The lowest BCUT2D eigenvalue weighted by Crippen LogP contribution is -2.37. The normalized spacial score (nSPS) is 12.3.